The molecular weight excluding hydrogens is 205 g/mol. The van der Waals surface area contributed by atoms with Gasteiger partial charge in [0.2, 0.25) is 0 Å². The Morgan fingerprint density at radius 3 is 2.94 bits per heavy atom. The maximum Gasteiger partial charge on any atom is 0.128 e. The molecule has 2 rings (SSSR count). The summed E-state index contributed by atoms with van der Waals surface area (Å²) in [6, 6.07) is 5.53. The van der Waals surface area contributed by atoms with Gasteiger partial charge in [0.1, 0.15) is 5.82 Å². The van der Waals surface area contributed by atoms with E-state index in [-0.39, 0.29) is 12.4 Å². The van der Waals surface area contributed by atoms with E-state index in [1.807, 2.05) is 6.07 Å². The van der Waals surface area contributed by atoms with Crippen LogP contribution in [0, 0.1) is 5.82 Å². The van der Waals surface area contributed by atoms with Crippen LogP contribution in [0.1, 0.15) is 30.4 Å². The highest BCUT2D eigenvalue weighted by molar-refractivity contribution is 5.25. The fraction of sp³-hybridized carbons (Fsp3) is 0.538. The number of piperidine rings is 1. The van der Waals surface area contributed by atoms with Crippen LogP contribution < -0.4 is 5.32 Å². The standard InChI is InChI=1S/C13H18FNO/c14-13-5-4-10(7-11(13)9-16)8-12-3-1-2-6-15-12/h4-5,7,12,15-16H,1-3,6,8-9H2. The molecule has 2 N–H and O–H groups in total. The SMILES string of the molecule is OCc1cc(CC2CCCCN2)ccc1F. The first-order valence-corrected chi connectivity index (χ1v) is 5.91. The Bertz CT molecular complexity index is 348. The van der Waals surface area contributed by atoms with Crippen molar-refractivity contribution in [2.24, 2.45) is 0 Å². The van der Waals surface area contributed by atoms with E-state index in [0.717, 1.165) is 18.5 Å². The lowest BCUT2D eigenvalue weighted by atomic mass is 9.97. The highest BCUT2D eigenvalue weighted by Crippen LogP contribution is 2.16. The average molecular weight is 223 g/mol. The second-order valence-electron chi connectivity index (χ2n) is 4.43. The Labute approximate surface area is 95.5 Å². The topological polar surface area (TPSA) is 32.3 Å². The average Bonchev–Trinajstić information content (AvgIpc) is 2.33. The molecule has 1 aliphatic rings. The Hall–Kier alpha value is -0.930. The van der Waals surface area contributed by atoms with Gasteiger partial charge in [0.25, 0.3) is 0 Å². The van der Waals surface area contributed by atoms with E-state index in [0.29, 0.717) is 11.6 Å². The van der Waals surface area contributed by atoms with Crippen LogP contribution in [0.4, 0.5) is 4.39 Å². The molecule has 0 bridgehead atoms. The minimum Gasteiger partial charge on any atom is -0.392 e. The van der Waals surface area contributed by atoms with Gasteiger partial charge in [-0.15, -0.1) is 0 Å². The van der Waals surface area contributed by atoms with Crippen molar-refractivity contribution in [2.45, 2.75) is 38.3 Å². The van der Waals surface area contributed by atoms with Crippen molar-refractivity contribution in [1.82, 2.24) is 5.32 Å². The monoisotopic (exact) mass is 223 g/mol. The number of aliphatic hydroxyl groups excluding tert-OH is 1. The molecule has 0 aromatic heterocycles. The molecule has 1 aromatic carbocycles. The zero-order valence-electron chi connectivity index (χ0n) is 9.38. The van der Waals surface area contributed by atoms with Gasteiger partial charge in [-0.25, -0.2) is 4.39 Å². The van der Waals surface area contributed by atoms with Gasteiger partial charge >= 0.3 is 0 Å². The third-order valence-corrected chi connectivity index (χ3v) is 3.17. The van der Waals surface area contributed by atoms with E-state index in [1.54, 1.807) is 6.07 Å². The predicted octanol–water partition coefficient (Wildman–Crippen LogP) is 2.00. The van der Waals surface area contributed by atoms with E-state index in [2.05, 4.69) is 5.32 Å². The number of aliphatic hydroxyl groups is 1. The van der Waals surface area contributed by atoms with Crippen molar-refractivity contribution >= 4 is 0 Å². The van der Waals surface area contributed by atoms with E-state index in [1.165, 1.54) is 25.3 Å². The molecule has 2 nitrogen and oxygen atoms in total. The molecular formula is C13H18FNO. The van der Waals surface area contributed by atoms with E-state index >= 15 is 0 Å². The van der Waals surface area contributed by atoms with Crippen molar-refractivity contribution < 1.29 is 9.50 Å². The fourth-order valence-corrected chi connectivity index (χ4v) is 2.26. The zero-order chi connectivity index (χ0) is 11.4. The smallest absolute Gasteiger partial charge is 0.128 e. The van der Waals surface area contributed by atoms with Crippen LogP contribution in [0.2, 0.25) is 0 Å². The number of hydrogen-bond donors (Lipinski definition) is 2. The van der Waals surface area contributed by atoms with E-state index < -0.39 is 0 Å². The van der Waals surface area contributed by atoms with Gasteiger partial charge in [-0.1, -0.05) is 18.6 Å². The molecule has 0 radical (unpaired) electrons. The Morgan fingerprint density at radius 1 is 1.38 bits per heavy atom. The number of rotatable bonds is 3. The molecule has 0 spiro atoms. The van der Waals surface area contributed by atoms with Crippen LogP contribution in [-0.4, -0.2) is 17.7 Å². The molecule has 1 heterocycles. The molecule has 1 atom stereocenters. The van der Waals surface area contributed by atoms with Gasteiger partial charge in [0.05, 0.1) is 6.61 Å². The van der Waals surface area contributed by atoms with Crippen LogP contribution in [0.15, 0.2) is 18.2 Å². The summed E-state index contributed by atoms with van der Waals surface area (Å²) in [6.45, 7) is 0.858. The molecule has 1 saturated heterocycles. The van der Waals surface area contributed by atoms with Crippen molar-refractivity contribution in [1.29, 1.82) is 0 Å². The summed E-state index contributed by atoms with van der Waals surface area (Å²) in [4.78, 5) is 0. The number of hydrogen-bond acceptors (Lipinski definition) is 2. The third kappa shape index (κ3) is 2.80. The highest BCUT2D eigenvalue weighted by atomic mass is 19.1. The Morgan fingerprint density at radius 2 is 2.25 bits per heavy atom. The molecule has 0 saturated carbocycles. The van der Waals surface area contributed by atoms with Gasteiger partial charge in [-0.2, -0.15) is 0 Å². The molecule has 16 heavy (non-hydrogen) atoms. The Balaban J connectivity index is 2.03. The molecule has 88 valence electrons. The second kappa shape index (κ2) is 5.41. The lowest BCUT2D eigenvalue weighted by molar-refractivity contribution is 0.275. The van der Waals surface area contributed by atoms with Gasteiger partial charge in [-0.05, 0) is 37.4 Å². The van der Waals surface area contributed by atoms with Crippen LogP contribution in [-0.2, 0) is 13.0 Å². The molecule has 1 aromatic rings. The lowest BCUT2D eigenvalue weighted by Gasteiger charge is -2.23. The number of benzene rings is 1. The quantitative estimate of drug-likeness (QED) is 0.821. The van der Waals surface area contributed by atoms with E-state index in [9.17, 15) is 4.39 Å². The van der Waals surface area contributed by atoms with Gasteiger partial charge < -0.3 is 10.4 Å². The van der Waals surface area contributed by atoms with Crippen molar-refractivity contribution in [2.75, 3.05) is 6.54 Å². The third-order valence-electron chi connectivity index (χ3n) is 3.17. The largest absolute Gasteiger partial charge is 0.392 e. The van der Waals surface area contributed by atoms with E-state index in [4.69, 9.17) is 5.11 Å². The first kappa shape index (κ1) is 11.6. The molecule has 1 aliphatic heterocycles. The van der Waals surface area contributed by atoms with Crippen molar-refractivity contribution in [3.63, 3.8) is 0 Å². The lowest BCUT2D eigenvalue weighted by Crippen LogP contribution is -2.35. The van der Waals surface area contributed by atoms with Crippen LogP contribution in [0.5, 0.6) is 0 Å². The minimum absolute atomic E-state index is 0.224. The van der Waals surface area contributed by atoms with Crippen LogP contribution in [0.3, 0.4) is 0 Å². The Kier molecular flexibility index (Phi) is 3.91. The molecule has 0 amide bonds. The summed E-state index contributed by atoms with van der Waals surface area (Å²) >= 11 is 0. The maximum atomic E-state index is 13.2. The minimum atomic E-state index is -0.317. The summed E-state index contributed by atoms with van der Waals surface area (Å²) in [6.07, 6.45) is 4.63. The molecule has 1 unspecified atom stereocenters. The van der Waals surface area contributed by atoms with Gasteiger partial charge in [-0.3, -0.25) is 0 Å². The summed E-state index contributed by atoms with van der Waals surface area (Å²) in [5, 5.41) is 12.5. The fourth-order valence-electron chi connectivity index (χ4n) is 2.26. The number of halogens is 1. The summed E-state index contributed by atoms with van der Waals surface area (Å²) in [7, 11) is 0. The second-order valence-corrected chi connectivity index (χ2v) is 4.43. The summed E-state index contributed by atoms with van der Waals surface area (Å²) < 4.78 is 13.2. The highest BCUT2D eigenvalue weighted by Gasteiger charge is 2.13. The van der Waals surface area contributed by atoms with Crippen molar-refractivity contribution in [3.8, 4) is 0 Å². The predicted molar refractivity (Wildman–Crippen MR) is 61.7 cm³/mol. The maximum absolute atomic E-state index is 13.2. The zero-order valence-corrected chi connectivity index (χ0v) is 9.38. The van der Waals surface area contributed by atoms with Gasteiger partial charge in [0, 0.05) is 11.6 Å². The van der Waals surface area contributed by atoms with Crippen LogP contribution in [0.25, 0.3) is 0 Å². The first-order chi connectivity index (χ1) is 7.79. The number of nitrogens with one attached hydrogen (secondary N) is 1. The summed E-state index contributed by atoms with van der Waals surface area (Å²) in [5.74, 6) is -0.317. The van der Waals surface area contributed by atoms with Crippen LogP contribution >= 0.6 is 0 Å². The summed E-state index contributed by atoms with van der Waals surface area (Å²) in [5.41, 5.74) is 1.50. The molecule has 3 heteroatoms. The van der Waals surface area contributed by atoms with Crippen molar-refractivity contribution in [3.05, 3.63) is 35.1 Å². The molecule has 0 aliphatic carbocycles. The normalized spacial score (nSPS) is 21.0. The van der Waals surface area contributed by atoms with Gasteiger partial charge in [0.15, 0.2) is 0 Å². The molecule has 1 fully saturated rings. The first-order valence-electron chi connectivity index (χ1n) is 5.91.